The van der Waals surface area contributed by atoms with E-state index in [1.807, 2.05) is 101 Å². The van der Waals surface area contributed by atoms with Crippen molar-refractivity contribution in [2.24, 2.45) is 14.1 Å². The standard InChI is InChI=1S/C21H31N5O4S.C18H24N4O5S/c1-12(2)15-9-8-10-16(13(3)4)19(15)23-21(28)25-31(29,30)18-11-17(26(7)24-18)20(27)22-14(5)6;1-10(2)12-7-6-8-13(11(3)4)16(12)19-18(25)21-28(26,27)15-9-14(17(23)24)22(5)20-15/h8-14H,1-7H3,(H,22,27)(H2,23,25,28);6-11H,1-5H3,(H,23,24)(H2,19,21,25). The number of carboxylic acids is 1. The Labute approximate surface area is 345 Å². The molecule has 4 rings (SSSR count). The quantitative estimate of drug-likeness (QED) is 0.0884. The monoisotopic (exact) mass is 857 g/mol. The average Bonchev–Trinajstić information content (AvgIpc) is 3.71. The number of hydrogen-bond donors (Lipinski definition) is 6. The van der Waals surface area contributed by atoms with E-state index < -0.39 is 54.0 Å². The van der Waals surface area contributed by atoms with E-state index in [1.165, 1.54) is 14.1 Å². The Morgan fingerprint density at radius 2 is 0.898 bits per heavy atom. The number of anilines is 2. The fourth-order valence-electron chi connectivity index (χ4n) is 5.91. The first kappa shape index (κ1) is 47.6. The molecule has 0 aliphatic heterocycles. The summed E-state index contributed by atoms with van der Waals surface area (Å²) in [5, 5.41) is 23.6. The highest BCUT2D eigenvalue weighted by Gasteiger charge is 2.27. The number of urea groups is 2. The fourth-order valence-corrected chi connectivity index (χ4v) is 7.70. The summed E-state index contributed by atoms with van der Waals surface area (Å²) in [7, 11) is -5.86. The number of hydrogen-bond acceptors (Lipinski definition) is 10. The topological polar surface area (TPSA) is 253 Å². The van der Waals surface area contributed by atoms with Crippen LogP contribution in [0.3, 0.4) is 0 Å². The van der Waals surface area contributed by atoms with E-state index in [2.05, 4.69) is 26.1 Å². The first-order chi connectivity index (χ1) is 27.3. The number of aromatic carboxylic acids is 1. The zero-order valence-corrected chi connectivity index (χ0v) is 37.0. The van der Waals surface area contributed by atoms with Gasteiger partial charge in [-0.1, -0.05) is 91.8 Å². The van der Waals surface area contributed by atoms with Crippen LogP contribution in [-0.4, -0.2) is 71.5 Å². The van der Waals surface area contributed by atoms with Crippen LogP contribution in [-0.2, 0) is 34.1 Å². The molecule has 0 unspecified atom stereocenters. The van der Waals surface area contributed by atoms with Crippen molar-refractivity contribution in [1.82, 2.24) is 34.3 Å². The number of nitrogens with zero attached hydrogens (tertiary/aromatic N) is 4. The number of benzene rings is 2. The largest absolute Gasteiger partial charge is 0.477 e. The van der Waals surface area contributed by atoms with Crippen LogP contribution >= 0.6 is 0 Å². The lowest BCUT2D eigenvalue weighted by molar-refractivity contribution is 0.0684. The summed E-state index contributed by atoms with van der Waals surface area (Å²) in [5.41, 5.74) is 4.49. The summed E-state index contributed by atoms with van der Waals surface area (Å²) >= 11 is 0. The van der Waals surface area contributed by atoms with Gasteiger partial charge in [-0.2, -0.15) is 27.0 Å². The predicted molar refractivity (Wildman–Crippen MR) is 224 cm³/mol. The molecule has 322 valence electrons. The second-order valence-corrected chi connectivity index (χ2v) is 18.5. The molecular weight excluding hydrogens is 803 g/mol. The Morgan fingerprint density at radius 3 is 1.19 bits per heavy atom. The van der Waals surface area contributed by atoms with E-state index in [0.29, 0.717) is 11.4 Å². The van der Waals surface area contributed by atoms with Crippen LogP contribution in [0.15, 0.2) is 58.6 Å². The number of carboxylic acid groups (broad SMARTS) is 1. The molecule has 2 aromatic carbocycles. The first-order valence-corrected chi connectivity index (χ1v) is 21.8. The minimum Gasteiger partial charge on any atom is -0.477 e. The van der Waals surface area contributed by atoms with Crippen molar-refractivity contribution >= 4 is 55.4 Å². The molecule has 20 heteroatoms. The van der Waals surface area contributed by atoms with E-state index in [4.69, 9.17) is 5.11 Å². The number of carbonyl (C=O) groups excluding carboxylic acids is 3. The normalized spacial score (nSPS) is 11.7. The molecule has 4 aromatic rings. The highest BCUT2D eigenvalue weighted by molar-refractivity contribution is 7.90. The fraction of sp³-hybridized carbons (Fsp3) is 0.436. The van der Waals surface area contributed by atoms with Gasteiger partial charge in [-0.25, -0.2) is 23.8 Å². The van der Waals surface area contributed by atoms with Gasteiger partial charge >= 0.3 is 18.0 Å². The van der Waals surface area contributed by atoms with Crippen LogP contribution in [0.1, 0.15) is 136 Å². The number of aromatic nitrogens is 4. The third-order valence-electron chi connectivity index (χ3n) is 8.81. The first-order valence-electron chi connectivity index (χ1n) is 18.8. The summed E-state index contributed by atoms with van der Waals surface area (Å²) in [5.74, 6) is -1.30. The molecule has 0 aliphatic rings. The molecule has 2 heterocycles. The molecule has 0 saturated carbocycles. The van der Waals surface area contributed by atoms with Gasteiger partial charge in [0.25, 0.3) is 26.0 Å². The van der Waals surface area contributed by atoms with Crippen molar-refractivity contribution < 1.29 is 41.1 Å². The van der Waals surface area contributed by atoms with Gasteiger partial charge in [0.05, 0.1) is 0 Å². The molecule has 18 nitrogen and oxygen atoms in total. The van der Waals surface area contributed by atoms with Gasteiger partial charge in [-0.05, 0) is 59.8 Å². The predicted octanol–water partition coefficient (Wildman–Crippen LogP) is 6.19. The lowest BCUT2D eigenvalue weighted by Gasteiger charge is -2.20. The van der Waals surface area contributed by atoms with Gasteiger partial charge in [0, 0.05) is 43.6 Å². The molecule has 0 radical (unpaired) electrons. The smallest absolute Gasteiger partial charge is 0.354 e. The average molecular weight is 858 g/mol. The molecule has 6 N–H and O–H groups in total. The number of carbonyl (C=O) groups is 4. The second kappa shape index (κ2) is 19.3. The minimum atomic E-state index is -4.34. The Kier molecular flexibility index (Phi) is 15.6. The number of rotatable bonds is 13. The molecule has 0 fully saturated rings. The van der Waals surface area contributed by atoms with Gasteiger partial charge in [0.2, 0.25) is 0 Å². The highest BCUT2D eigenvalue weighted by Crippen LogP contribution is 2.33. The van der Waals surface area contributed by atoms with Crippen molar-refractivity contribution in [2.45, 2.75) is 109 Å². The third-order valence-corrected chi connectivity index (χ3v) is 11.2. The van der Waals surface area contributed by atoms with Crippen LogP contribution in [0.25, 0.3) is 0 Å². The van der Waals surface area contributed by atoms with E-state index >= 15 is 0 Å². The van der Waals surface area contributed by atoms with Gasteiger partial charge in [-0.15, -0.1) is 0 Å². The summed E-state index contributed by atoms with van der Waals surface area (Å²) < 4.78 is 56.2. The Morgan fingerprint density at radius 1 is 0.576 bits per heavy atom. The Hall–Kier alpha value is -5.76. The van der Waals surface area contributed by atoms with Crippen molar-refractivity contribution in [1.29, 1.82) is 0 Å². The zero-order chi connectivity index (χ0) is 44.7. The van der Waals surface area contributed by atoms with Gasteiger partial charge < -0.3 is 21.1 Å². The number of aryl methyl sites for hydroxylation is 2. The third kappa shape index (κ3) is 12.1. The number of sulfonamides is 2. The van der Waals surface area contributed by atoms with Gasteiger partial charge in [0.1, 0.15) is 11.4 Å². The highest BCUT2D eigenvalue weighted by atomic mass is 32.2. The summed E-state index contributed by atoms with van der Waals surface area (Å²) in [6.45, 7) is 19.5. The number of para-hydroxylation sites is 2. The molecule has 5 amide bonds. The second-order valence-electron chi connectivity index (χ2n) is 15.3. The number of amides is 5. The Balaban J connectivity index is 0.000000317. The zero-order valence-electron chi connectivity index (χ0n) is 35.3. The van der Waals surface area contributed by atoms with Crippen LogP contribution in [0.4, 0.5) is 21.0 Å². The lowest BCUT2D eigenvalue weighted by atomic mass is 9.93. The van der Waals surface area contributed by atoms with Crippen molar-refractivity contribution in [3.63, 3.8) is 0 Å². The molecule has 0 bridgehead atoms. The van der Waals surface area contributed by atoms with E-state index in [0.717, 1.165) is 43.8 Å². The van der Waals surface area contributed by atoms with Gasteiger partial charge in [0.15, 0.2) is 10.1 Å². The molecule has 59 heavy (non-hydrogen) atoms. The van der Waals surface area contributed by atoms with Crippen molar-refractivity contribution in [3.8, 4) is 0 Å². The molecule has 0 aliphatic carbocycles. The molecule has 0 saturated heterocycles. The Bertz CT molecular complexity index is 2360. The molecular formula is C39H55N9O9S2. The number of nitrogens with one attached hydrogen (secondary N) is 5. The maximum absolute atomic E-state index is 12.7. The lowest BCUT2D eigenvalue weighted by Crippen LogP contribution is -2.35. The molecule has 0 atom stereocenters. The van der Waals surface area contributed by atoms with E-state index in [9.17, 15) is 36.0 Å². The van der Waals surface area contributed by atoms with E-state index in [-0.39, 0.29) is 41.1 Å². The SMILES string of the molecule is CC(C)NC(=O)c1cc(S(=O)(=O)NC(=O)Nc2c(C(C)C)cccc2C(C)C)nn1C.CC(C)c1cccc(C(C)C)c1NC(=O)NS(=O)(=O)c1cc(C(=O)O)n(C)n1. The molecule has 0 spiro atoms. The van der Waals surface area contributed by atoms with Gasteiger partial charge in [-0.3, -0.25) is 14.2 Å². The van der Waals surface area contributed by atoms with Crippen LogP contribution in [0.2, 0.25) is 0 Å². The summed E-state index contributed by atoms with van der Waals surface area (Å²) in [6.07, 6.45) is 0. The summed E-state index contributed by atoms with van der Waals surface area (Å²) in [6, 6.07) is 11.4. The van der Waals surface area contributed by atoms with Crippen molar-refractivity contribution in [2.75, 3.05) is 10.6 Å². The van der Waals surface area contributed by atoms with Crippen LogP contribution < -0.4 is 25.4 Å². The van der Waals surface area contributed by atoms with Crippen molar-refractivity contribution in [3.05, 3.63) is 82.2 Å². The van der Waals surface area contributed by atoms with Crippen LogP contribution in [0, 0.1) is 0 Å². The minimum absolute atomic E-state index is 0.0710. The summed E-state index contributed by atoms with van der Waals surface area (Å²) in [4.78, 5) is 48.3. The maximum atomic E-state index is 12.7. The maximum Gasteiger partial charge on any atom is 0.354 e. The van der Waals surface area contributed by atoms with E-state index in [1.54, 1.807) is 13.8 Å². The van der Waals surface area contributed by atoms with Crippen LogP contribution in [0.5, 0.6) is 0 Å². The molecule has 2 aromatic heterocycles.